The van der Waals surface area contributed by atoms with Crippen LogP contribution < -0.4 is 5.73 Å². The SMILES string of the molecule is C=CCCC(N)=O.O=C1C=C(O)C=N1. The highest BCUT2D eigenvalue weighted by Gasteiger charge is 2.01. The Hall–Kier alpha value is -1.91. The van der Waals surface area contributed by atoms with Gasteiger partial charge in [-0.15, -0.1) is 6.58 Å². The van der Waals surface area contributed by atoms with Crippen molar-refractivity contribution in [3.8, 4) is 0 Å². The van der Waals surface area contributed by atoms with Crippen molar-refractivity contribution in [2.24, 2.45) is 10.7 Å². The Morgan fingerprint density at radius 3 is 2.50 bits per heavy atom. The van der Waals surface area contributed by atoms with Crippen LogP contribution in [-0.2, 0) is 9.59 Å². The molecule has 0 aromatic heterocycles. The van der Waals surface area contributed by atoms with Crippen LogP contribution in [0.15, 0.2) is 29.5 Å². The summed E-state index contributed by atoms with van der Waals surface area (Å²) in [6.45, 7) is 3.42. The highest BCUT2D eigenvalue weighted by molar-refractivity contribution is 6.05. The average molecular weight is 196 g/mol. The molecule has 2 amide bonds. The Balaban J connectivity index is 0.000000241. The van der Waals surface area contributed by atoms with Gasteiger partial charge >= 0.3 is 0 Å². The van der Waals surface area contributed by atoms with Crippen molar-refractivity contribution in [1.29, 1.82) is 0 Å². The van der Waals surface area contributed by atoms with Crippen molar-refractivity contribution in [2.75, 3.05) is 0 Å². The van der Waals surface area contributed by atoms with Crippen LogP contribution in [0.3, 0.4) is 0 Å². The van der Waals surface area contributed by atoms with E-state index in [1.165, 1.54) is 0 Å². The summed E-state index contributed by atoms with van der Waals surface area (Å²) in [7, 11) is 0. The van der Waals surface area contributed by atoms with Crippen molar-refractivity contribution >= 4 is 18.0 Å². The van der Waals surface area contributed by atoms with Gasteiger partial charge in [-0.1, -0.05) is 6.08 Å². The standard InChI is InChI=1S/C5H9NO.C4H3NO2/c1-2-3-4-5(6)7;6-3-1-4(7)5-2-3/h2H,1,3-4H2,(H2,6,7);1-2,6H. The lowest BCUT2D eigenvalue weighted by Gasteiger charge is -1.83. The summed E-state index contributed by atoms with van der Waals surface area (Å²) < 4.78 is 0. The molecular formula is C9H12N2O3. The largest absolute Gasteiger partial charge is 0.506 e. The van der Waals surface area contributed by atoms with E-state index in [0.717, 1.165) is 12.3 Å². The molecule has 0 aliphatic carbocycles. The molecule has 5 heteroatoms. The molecule has 1 aliphatic heterocycles. The lowest BCUT2D eigenvalue weighted by molar-refractivity contribution is -0.118. The van der Waals surface area contributed by atoms with Crippen LogP contribution in [0.2, 0.25) is 0 Å². The van der Waals surface area contributed by atoms with Crippen molar-refractivity contribution < 1.29 is 14.7 Å². The fourth-order valence-corrected chi connectivity index (χ4v) is 0.575. The van der Waals surface area contributed by atoms with Crippen molar-refractivity contribution in [1.82, 2.24) is 0 Å². The van der Waals surface area contributed by atoms with Gasteiger partial charge in [0.15, 0.2) is 0 Å². The van der Waals surface area contributed by atoms with Crippen LogP contribution in [-0.4, -0.2) is 23.1 Å². The minimum absolute atomic E-state index is 0.0648. The number of aliphatic hydroxyl groups is 1. The minimum Gasteiger partial charge on any atom is -0.506 e. The first-order chi connectivity index (χ1) is 6.56. The monoisotopic (exact) mass is 196 g/mol. The second-order valence-electron chi connectivity index (χ2n) is 2.46. The zero-order valence-electron chi connectivity index (χ0n) is 7.64. The molecule has 76 valence electrons. The lowest BCUT2D eigenvalue weighted by Crippen LogP contribution is -2.08. The Bertz CT molecular complexity index is 292. The molecule has 0 spiro atoms. The number of aliphatic hydroxyl groups excluding tert-OH is 1. The van der Waals surface area contributed by atoms with E-state index in [-0.39, 0.29) is 11.7 Å². The van der Waals surface area contributed by atoms with E-state index >= 15 is 0 Å². The summed E-state index contributed by atoms with van der Waals surface area (Å²) in [5, 5.41) is 8.39. The third-order valence-corrected chi connectivity index (χ3v) is 1.19. The molecule has 14 heavy (non-hydrogen) atoms. The maximum absolute atomic E-state index is 10.0. The van der Waals surface area contributed by atoms with Crippen molar-refractivity contribution in [2.45, 2.75) is 12.8 Å². The van der Waals surface area contributed by atoms with E-state index in [4.69, 9.17) is 10.8 Å². The van der Waals surface area contributed by atoms with Gasteiger partial charge in [0, 0.05) is 12.5 Å². The van der Waals surface area contributed by atoms with Crippen LogP contribution in [0.25, 0.3) is 0 Å². The topological polar surface area (TPSA) is 92.8 Å². The average Bonchev–Trinajstić information content (AvgIpc) is 2.47. The first kappa shape index (κ1) is 12.1. The molecule has 0 aromatic carbocycles. The lowest BCUT2D eigenvalue weighted by atomic mass is 10.3. The van der Waals surface area contributed by atoms with Gasteiger partial charge in [-0.25, -0.2) is 4.99 Å². The fraction of sp³-hybridized carbons (Fsp3) is 0.222. The quantitative estimate of drug-likeness (QED) is 0.643. The summed E-state index contributed by atoms with van der Waals surface area (Å²) in [5.74, 6) is -0.720. The predicted octanol–water partition coefficient (Wildman–Crippen LogP) is 0.477. The van der Waals surface area contributed by atoms with Gasteiger partial charge in [0.25, 0.3) is 5.91 Å². The van der Waals surface area contributed by atoms with Crippen LogP contribution in [0.1, 0.15) is 12.8 Å². The normalized spacial score (nSPS) is 12.9. The van der Waals surface area contributed by atoms with E-state index in [0.29, 0.717) is 12.8 Å². The second kappa shape index (κ2) is 6.59. The number of allylic oxidation sites excluding steroid dienone is 2. The van der Waals surface area contributed by atoms with Crippen LogP contribution >= 0.6 is 0 Å². The molecule has 1 heterocycles. The third-order valence-electron chi connectivity index (χ3n) is 1.19. The smallest absolute Gasteiger partial charge is 0.273 e. The summed E-state index contributed by atoms with van der Waals surface area (Å²) in [4.78, 5) is 23.2. The maximum atomic E-state index is 10.0. The number of primary amides is 1. The highest BCUT2D eigenvalue weighted by Crippen LogP contribution is 1.93. The predicted molar refractivity (Wildman–Crippen MR) is 52.8 cm³/mol. The number of aliphatic imine (C=N–C) groups is 1. The summed E-state index contributed by atoms with van der Waals surface area (Å²) >= 11 is 0. The molecular weight excluding hydrogens is 184 g/mol. The highest BCUT2D eigenvalue weighted by atomic mass is 16.3. The first-order valence-electron chi connectivity index (χ1n) is 3.94. The maximum Gasteiger partial charge on any atom is 0.273 e. The number of hydrogen-bond donors (Lipinski definition) is 2. The molecule has 0 bridgehead atoms. The number of amides is 2. The van der Waals surface area contributed by atoms with Crippen LogP contribution in [0.4, 0.5) is 0 Å². The van der Waals surface area contributed by atoms with Gasteiger partial charge in [0.2, 0.25) is 5.91 Å². The van der Waals surface area contributed by atoms with Gasteiger partial charge in [-0.05, 0) is 6.42 Å². The van der Waals surface area contributed by atoms with E-state index in [2.05, 4.69) is 11.6 Å². The zero-order valence-corrected chi connectivity index (χ0v) is 7.64. The third kappa shape index (κ3) is 6.78. The second-order valence-corrected chi connectivity index (χ2v) is 2.46. The zero-order chi connectivity index (χ0) is 11.0. The van der Waals surface area contributed by atoms with E-state index < -0.39 is 5.91 Å². The Morgan fingerprint density at radius 2 is 2.36 bits per heavy atom. The Labute approximate surface area is 81.6 Å². The molecule has 0 saturated carbocycles. The molecule has 0 radical (unpaired) electrons. The molecule has 1 aliphatic rings. The molecule has 0 unspecified atom stereocenters. The molecule has 5 nitrogen and oxygen atoms in total. The van der Waals surface area contributed by atoms with Gasteiger partial charge < -0.3 is 10.8 Å². The Kier molecular flexibility index (Phi) is 5.69. The van der Waals surface area contributed by atoms with Gasteiger partial charge in [-0.2, -0.15) is 0 Å². The van der Waals surface area contributed by atoms with E-state index in [1.807, 2.05) is 0 Å². The molecule has 0 aromatic rings. The summed E-state index contributed by atoms with van der Waals surface area (Å²) in [6.07, 6.45) is 4.95. The summed E-state index contributed by atoms with van der Waals surface area (Å²) in [6, 6.07) is 0. The summed E-state index contributed by atoms with van der Waals surface area (Å²) in [5.41, 5.74) is 4.79. The molecule has 3 N–H and O–H groups in total. The van der Waals surface area contributed by atoms with Gasteiger partial charge in [0.05, 0.1) is 6.21 Å². The van der Waals surface area contributed by atoms with Crippen LogP contribution in [0, 0.1) is 0 Å². The van der Waals surface area contributed by atoms with Gasteiger partial charge in [0.1, 0.15) is 5.76 Å². The number of rotatable bonds is 3. The molecule has 0 saturated heterocycles. The first-order valence-corrected chi connectivity index (χ1v) is 3.94. The number of carbonyl (C=O) groups excluding carboxylic acids is 2. The number of carbonyl (C=O) groups is 2. The van der Waals surface area contributed by atoms with Crippen molar-refractivity contribution in [3.63, 3.8) is 0 Å². The van der Waals surface area contributed by atoms with Crippen LogP contribution in [0.5, 0.6) is 0 Å². The number of nitrogens with zero attached hydrogens (tertiary/aromatic N) is 1. The van der Waals surface area contributed by atoms with E-state index in [9.17, 15) is 9.59 Å². The minimum atomic E-state index is -0.391. The molecule has 0 atom stereocenters. The Morgan fingerprint density at radius 1 is 1.71 bits per heavy atom. The molecule has 1 rings (SSSR count). The molecule has 0 fully saturated rings. The fourth-order valence-electron chi connectivity index (χ4n) is 0.575. The number of nitrogens with two attached hydrogens (primary N) is 1. The number of hydrogen-bond acceptors (Lipinski definition) is 3. The van der Waals surface area contributed by atoms with E-state index in [1.54, 1.807) is 6.08 Å². The van der Waals surface area contributed by atoms with Crippen molar-refractivity contribution in [3.05, 3.63) is 24.5 Å². The van der Waals surface area contributed by atoms with Gasteiger partial charge in [-0.3, -0.25) is 9.59 Å².